The first kappa shape index (κ1) is 16.1. The highest BCUT2D eigenvalue weighted by atomic mass is 35.5. The van der Waals surface area contributed by atoms with Gasteiger partial charge in [-0.2, -0.15) is 0 Å². The van der Waals surface area contributed by atoms with Crippen LogP contribution in [0.15, 0.2) is 52.9 Å². The number of anilines is 1. The SMILES string of the molecule is Oc1c(Cl)cc(NCc2ccc(-c3ccccc3Cl)o2)cc1Cl. The predicted octanol–water partition coefficient (Wildman–Crippen LogP) is 6.22. The Balaban J connectivity index is 1.74. The number of hydrogen-bond acceptors (Lipinski definition) is 3. The molecule has 0 aliphatic heterocycles. The first-order valence-electron chi connectivity index (χ1n) is 6.80. The predicted molar refractivity (Wildman–Crippen MR) is 94.6 cm³/mol. The standard InChI is InChI=1S/C17H12Cl3NO2/c18-13-4-2-1-3-12(13)16-6-5-11(23-16)9-21-10-7-14(19)17(22)15(20)8-10/h1-8,21-22H,9H2. The molecule has 118 valence electrons. The quantitative estimate of drug-likeness (QED) is 0.537. The van der Waals surface area contributed by atoms with Crippen LogP contribution in [0.25, 0.3) is 11.3 Å². The normalized spacial score (nSPS) is 10.7. The number of hydrogen-bond donors (Lipinski definition) is 2. The zero-order valence-corrected chi connectivity index (χ0v) is 14.1. The summed E-state index contributed by atoms with van der Waals surface area (Å²) in [6.45, 7) is 0.446. The number of benzene rings is 2. The Labute approximate surface area is 148 Å². The lowest BCUT2D eigenvalue weighted by Gasteiger charge is -2.07. The van der Waals surface area contributed by atoms with Crippen LogP contribution in [-0.4, -0.2) is 5.11 Å². The van der Waals surface area contributed by atoms with E-state index in [1.807, 2.05) is 36.4 Å². The van der Waals surface area contributed by atoms with Crippen molar-refractivity contribution >= 4 is 40.5 Å². The van der Waals surface area contributed by atoms with Gasteiger partial charge in [0.1, 0.15) is 11.5 Å². The molecule has 2 N–H and O–H groups in total. The highest BCUT2D eigenvalue weighted by Gasteiger charge is 2.09. The van der Waals surface area contributed by atoms with E-state index in [1.54, 1.807) is 12.1 Å². The molecule has 0 bridgehead atoms. The summed E-state index contributed by atoms with van der Waals surface area (Å²) in [7, 11) is 0. The molecule has 3 rings (SSSR count). The molecule has 0 saturated heterocycles. The van der Waals surface area contributed by atoms with E-state index in [2.05, 4.69) is 5.32 Å². The van der Waals surface area contributed by atoms with Crippen molar-refractivity contribution in [3.8, 4) is 17.1 Å². The maximum absolute atomic E-state index is 9.55. The number of aromatic hydroxyl groups is 1. The van der Waals surface area contributed by atoms with Crippen LogP contribution < -0.4 is 5.32 Å². The van der Waals surface area contributed by atoms with E-state index < -0.39 is 0 Å². The molecule has 23 heavy (non-hydrogen) atoms. The van der Waals surface area contributed by atoms with Gasteiger partial charge in [0.2, 0.25) is 0 Å². The van der Waals surface area contributed by atoms with Crippen molar-refractivity contribution in [3.05, 3.63) is 69.4 Å². The third-order valence-corrected chi connectivity index (χ3v) is 4.19. The van der Waals surface area contributed by atoms with Gasteiger partial charge in [0.05, 0.1) is 21.6 Å². The number of phenolic OH excluding ortho intramolecular Hbond substituents is 1. The van der Waals surface area contributed by atoms with Crippen LogP contribution in [-0.2, 0) is 6.54 Å². The summed E-state index contributed by atoms with van der Waals surface area (Å²) < 4.78 is 5.79. The molecule has 1 heterocycles. The van der Waals surface area contributed by atoms with Crippen molar-refractivity contribution in [3.63, 3.8) is 0 Å². The highest BCUT2D eigenvalue weighted by Crippen LogP contribution is 2.35. The lowest BCUT2D eigenvalue weighted by molar-refractivity contribution is 0.476. The third-order valence-electron chi connectivity index (χ3n) is 3.28. The van der Waals surface area contributed by atoms with Gasteiger partial charge in [0, 0.05) is 11.3 Å². The molecule has 0 aliphatic carbocycles. The van der Waals surface area contributed by atoms with Crippen LogP contribution in [0.5, 0.6) is 5.75 Å². The topological polar surface area (TPSA) is 45.4 Å². The van der Waals surface area contributed by atoms with Crippen molar-refractivity contribution < 1.29 is 9.52 Å². The lowest BCUT2D eigenvalue weighted by Crippen LogP contribution is -1.98. The van der Waals surface area contributed by atoms with Gasteiger partial charge in [-0.1, -0.05) is 46.9 Å². The fraction of sp³-hybridized carbons (Fsp3) is 0.0588. The second-order valence-corrected chi connectivity index (χ2v) is 6.11. The molecule has 0 spiro atoms. The van der Waals surface area contributed by atoms with Crippen molar-refractivity contribution in [1.82, 2.24) is 0 Å². The summed E-state index contributed by atoms with van der Waals surface area (Å²) in [6.07, 6.45) is 0. The number of phenols is 1. The fourth-order valence-corrected chi connectivity index (χ4v) is 2.85. The van der Waals surface area contributed by atoms with E-state index in [1.165, 1.54) is 0 Å². The van der Waals surface area contributed by atoms with Crippen LogP contribution >= 0.6 is 34.8 Å². The molecule has 0 fully saturated rings. The minimum atomic E-state index is -0.127. The molecule has 0 unspecified atom stereocenters. The number of rotatable bonds is 4. The molecular formula is C17H12Cl3NO2. The zero-order valence-electron chi connectivity index (χ0n) is 11.8. The van der Waals surface area contributed by atoms with E-state index in [4.69, 9.17) is 39.2 Å². The second kappa shape index (κ2) is 6.75. The maximum Gasteiger partial charge on any atom is 0.152 e. The van der Waals surface area contributed by atoms with Crippen molar-refractivity contribution in [1.29, 1.82) is 0 Å². The smallest absolute Gasteiger partial charge is 0.152 e. The van der Waals surface area contributed by atoms with Gasteiger partial charge >= 0.3 is 0 Å². The van der Waals surface area contributed by atoms with Gasteiger partial charge in [-0.05, 0) is 36.4 Å². The highest BCUT2D eigenvalue weighted by molar-refractivity contribution is 6.37. The fourth-order valence-electron chi connectivity index (χ4n) is 2.14. The van der Waals surface area contributed by atoms with Crippen LogP contribution in [0.3, 0.4) is 0 Å². The van der Waals surface area contributed by atoms with E-state index >= 15 is 0 Å². The molecule has 1 aromatic heterocycles. The van der Waals surface area contributed by atoms with Gasteiger partial charge in [-0.3, -0.25) is 0 Å². The van der Waals surface area contributed by atoms with E-state index in [0.29, 0.717) is 23.0 Å². The lowest BCUT2D eigenvalue weighted by atomic mass is 10.2. The average Bonchev–Trinajstić information content (AvgIpc) is 2.99. The van der Waals surface area contributed by atoms with Crippen LogP contribution in [0.4, 0.5) is 5.69 Å². The third kappa shape index (κ3) is 3.58. The van der Waals surface area contributed by atoms with Crippen molar-refractivity contribution in [2.75, 3.05) is 5.32 Å². The molecule has 0 aliphatic rings. The Morgan fingerprint density at radius 3 is 2.30 bits per heavy atom. The van der Waals surface area contributed by atoms with Crippen molar-refractivity contribution in [2.24, 2.45) is 0 Å². The summed E-state index contributed by atoms with van der Waals surface area (Å²) in [5, 5.41) is 13.7. The molecule has 0 saturated carbocycles. The Morgan fingerprint density at radius 2 is 1.61 bits per heavy atom. The number of furan rings is 1. The first-order valence-corrected chi connectivity index (χ1v) is 7.93. The molecular weight excluding hydrogens is 357 g/mol. The largest absolute Gasteiger partial charge is 0.505 e. The summed E-state index contributed by atoms with van der Waals surface area (Å²) in [5.74, 6) is 1.31. The molecule has 0 amide bonds. The molecule has 0 atom stereocenters. The molecule has 3 nitrogen and oxygen atoms in total. The molecule has 0 radical (unpaired) electrons. The van der Waals surface area contributed by atoms with Gasteiger partial charge in [-0.25, -0.2) is 0 Å². The monoisotopic (exact) mass is 367 g/mol. The summed E-state index contributed by atoms with van der Waals surface area (Å²) in [4.78, 5) is 0. The average molecular weight is 369 g/mol. The van der Waals surface area contributed by atoms with Gasteiger partial charge < -0.3 is 14.8 Å². The molecule has 2 aromatic carbocycles. The second-order valence-electron chi connectivity index (χ2n) is 4.89. The summed E-state index contributed by atoms with van der Waals surface area (Å²) in [6, 6.07) is 14.4. The summed E-state index contributed by atoms with van der Waals surface area (Å²) in [5.41, 5.74) is 1.53. The van der Waals surface area contributed by atoms with E-state index in [9.17, 15) is 5.11 Å². The minimum Gasteiger partial charge on any atom is -0.505 e. The first-order chi connectivity index (χ1) is 11.0. The van der Waals surface area contributed by atoms with Crippen LogP contribution in [0, 0.1) is 0 Å². The van der Waals surface area contributed by atoms with Gasteiger partial charge in [0.25, 0.3) is 0 Å². The number of halogens is 3. The van der Waals surface area contributed by atoms with E-state index in [-0.39, 0.29) is 15.8 Å². The van der Waals surface area contributed by atoms with E-state index in [0.717, 1.165) is 11.3 Å². The Morgan fingerprint density at radius 1 is 0.913 bits per heavy atom. The Bertz CT molecular complexity index is 822. The zero-order chi connectivity index (χ0) is 16.4. The van der Waals surface area contributed by atoms with Crippen LogP contribution in [0.1, 0.15) is 5.76 Å². The molecule has 6 heteroatoms. The van der Waals surface area contributed by atoms with Gasteiger partial charge in [0.15, 0.2) is 5.75 Å². The Kier molecular flexibility index (Phi) is 4.71. The molecule has 3 aromatic rings. The van der Waals surface area contributed by atoms with Crippen LogP contribution in [0.2, 0.25) is 15.1 Å². The maximum atomic E-state index is 9.55. The van der Waals surface area contributed by atoms with Gasteiger partial charge in [-0.15, -0.1) is 0 Å². The Hall–Kier alpha value is -1.81. The minimum absolute atomic E-state index is 0.127. The number of nitrogens with one attached hydrogen (secondary N) is 1. The summed E-state index contributed by atoms with van der Waals surface area (Å²) >= 11 is 17.9. The van der Waals surface area contributed by atoms with Crippen molar-refractivity contribution in [2.45, 2.75) is 6.54 Å².